The van der Waals surface area contributed by atoms with E-state index in [0.717, 1.165) is 0 Å². The zero-order valence-corrected chi connectivity index (χ0v) is 8.45. The number of anilines is 1. The summed E-state index contributed by atoms with van der Waals surface area (Å²) in [5.41, 5.74) is 6.26. The minimum atomic E-state index is 0.215. The standard InChI is InChI=1S/C10H15NO3/c1-3-13-7-14-10-5-4-8(12-2)6-9(10)11/h4-6H,3,7,11H2,1-2H3. The van der Waals surface area contributed by atoms with E-state index in [4.69, 9.17) is 19.9 Å². The molecule has 0 atom stereocenters. The van der Waals surface area contributed by atoms with Crippen LogP contribution < -0.4 is 15.2 Å². The van der Waals surface area contributed by atoms with Crippen molar-refractivity contribution < 1.29 is 14.2 Å². The molecule has 0 bridgehead atoms. The Morgan fingerprint density at radius 2 is 2.14 bits per heavy atom. The normalized spacial score (nSPS) is 9.86. The first-order valence-electron chi connectivity index (χ1n) is 4.42. The topological polar surface area (TPSA) is 53.7 Å². The van der Waals surface area contributed by atoms with E-state index in [1.807, 2.05) is 6.92 Å². The molecule has 0 radical (unpaired) electrons. The van der Waals surface area contributed by atoms with Gasteiger partial charge < -0.3 is 19.9 Å². The molecule has 1 rings (SSSR count). The zero-order valence-electron chi connectivity index (χ0n) is 8.45. The highest BCUT2D eigenvalue weighted by Crippen LogP contribution is 2.25. The van der Waals surface area contributed by atoms with Gasteiger partial charge in [-0.25, -0.2) is 0 Å². The first kappa shape index (κ1) is 10.7. The molecule has 1 aromatic carbocycles. The van der Waals surface area contributed by atoms with Gasteiger partial charge in [0.1, 0.15) is 11.5 Å². The molecule has 0 saturated heterocycles. The fraction of sp³-hybridized carbons (Fsp3) is 0.400. The SMILES string of the molecule is CCOCOc1ccc(OC)cc1N. The van der Waals surface area contributed by atoms with E-state index in [2.05, 4.69) is 0 Å². The molecule has 0 amide bonds. The van der Waals surface area contributed by atoms with E-state index in [1.54, 1.807) is 25.3 Å². The molecule has 4 nitrogen and oxygen atoms in total. The van der Waals surface area contributed by atoms with Crippen LogP contribution in [-0.4, -0.2) is 20.5 Å². The monoisotopic (exact) mass is 197 g/mol. The van der Waals surface area contributed by atoms with E-state index in [-0.39, 0.29) is 6.79 Å². The largest absolute Gasteiger partial charge is 0.497 e. The van der Waals surface area contributed by atoms with Crippen LogP contribution in [0.1, 0.15) is 6.92 Å². The molecular weight excluding hydrogens is 182 g/mol. The molecule has 2 N–H and O–H groups in total. The Kier molecular flexibility index (Phi) is 4.07. The predicted molar refractivity (Wildman–Crippen MR) is 54.5 cm³/mol. The molecule has 4 heteroatoms. The van der Waals surface area contributed by atoms with Crippen LogP contribution in [0.5, 0.6) is 11.5 Å². The van der Waals surface area contributed by atoms with Gasteiger partial charge in [0.15, 0.2) is 6.79 Å². The van der Waals surface area contributed by atoms with E-state index >= 15 is 0 Å². The average molecular weight is 197 g/mol. The Hall–Kier alpha value is -1.42. The number of hydrogen-bond acceptors (Lipinski definition) is 4. The fourth-order valence-corrected chi connectivity index (χ4v) is 0.973. The second-order valence-electron chi connectivity index (χ2n) is 2.66. The van der Waals surface area contributed by atoms with Crippen LogP contribution in [0.15, 0.2) is 18.2 Å². The quantitative estimate of drug-likeness (QED) is 0.443. The Balaban J connectivity index is 2.59. The van der Waals surface area contributed by atoms with Crippen LogP contribution >= 0.6 is 0 Å². The molecule has 0 aliphatic carbocycles. The minimum absolute atomic E-state index is 0.215. The van der Waals surface area contributed by atoms with Gasteiger partial charge in [-0.15, -0.1) is 0 Å². The summed E-state index contributed by atoms with van der Waals surface area (Å²) in [5.74, 6) is 1.32. The average Bonchev–Trinajstić information content (AvgIpc) is 2.20. The molecule has 0 aliphatic rings. The third-order valence-corrected chi connectivity index (χ3v) is 1.72. The lowest BCUT2D eigenvalue weighted by atomic mass is 10.3. The number of methoxy groups -OCH3 is 1. The van der Waals surface area contributed by atoms with E-state index in [9.17, 15) is 0 Å². The lowest BCUT2D eigenvalue weighted by Crippen LogP contribution is -2.04. The van der Waals surface area contributed by atoms with Gasteiger partial charge in [-0.1, -0.05) is 0 Å². The molecule has 0 fully saturated rings. The molecular formula is C10H15NO3. The summed E-state index contributed by atoms with van der Waals surface area (Å²) in [6.45, 7) is 2.74. The first-order chi connectivity index (χ1) is 6.77. The van der Waals surface area contributed by atoms with E-state index in [1.165, 1.54) is 0 Å². The van der Waals surface area contributed by atoms with Crippen LogP contribution in [0.4, 0.5) is 5.69 Å². The van der Waals surface area contributed by atoms with Crippen LogP contribution in [0, 0.1) is 0 Å². The summed E-state index contributed by atoms with van der Waals surface area (Å²) in [5, 5.41) is 0. The third-order valence-electron chi connectivity index (χ3n) is 1.72. The van der Waals surface area contributed by atoms with E-state index in [0.29, 0.717) is 23.8 Å². The van der Waals surface area contributed by atoms with Crippen LogP contribution in [-0.2, 0) is 4.74 Å². The first-order valence-corrected chi connectivity index (χ1v) is 4.42. The zero-order chi connectivity index (χ0) is 10.4. The Morgan fingerprint density at radius 1 is 1.36 bits per heavy atom. The molecule has 0 saturated carbocycles. The van der Waals surface area contributed by atoms with Crippen LogP contribution in [0.25, 0.3) is 0 Å². The lowest BCUT2D eigenvalue weighted by molar-refractivity contribution is 0.0228. The van der Waals surface area contributed by atoms with Crippen molar-refractivity contribution in [3.05, 3.63) is 18.2 Å². The van der Waals surface area contributed by atoms with Gasteiger partial charge >= 0.3 is 0 Å². The predicted octanol–water partition coefficient (Wildman–Crippen LogP) is 1.65. The molecule has 78 valence electrons. The molecule has 0 spiro atoms. The summed E-state index contributed by atoms with van der Waals surface area (Å²) < 4.78 is 15.3. The number of nitrogens with two attached hydrogens (primary N) is 1. The lowest BCUT2D eigenvalue weighted by Gasteiger charge is -2.09. The van der Waals surface area contributed by atoms with Crippen LogP contribution in [0.2, 0.25) is 0 Å². The highest BCUT2D eigenvalue weighted by atomic mass is 16.7. The van der Waals surface area contributed by atoms with Gasteiger partial charge in [-0.05, 0) is 19.1 Å². The number of rotatable bonds is 5. The highest BCUT2D eigenvalue weighted by Gasteiger charge is 2.01. The minimum Gasteiger partial charge on any atom is -0.497 e. The second-order valence-corrected chi connectivity index (χ2v) is 2.66. The van der Waals surface area contributed by atoms with Crippen molar-refractivity contribution in [2.24, 2.45) is 0 Å². The summed E-state index contributed by atoms with van der Waals surface area (Å²) in [7, 11) is 1.59. The maximum Gasteiger partial charge on any atom is 0.189 e. The third kappa shape index (κ3) is 2.81. The van der Waals surface area contributed by atoms with Crippen molar-refractivity contribution in [1.29, 1.82) is 0 Å². The summed E-state index contributed by atoms with van der Waals surface area (Å²) in [6, 6.07) is 5.26. The molecule has 0 unspecified atom stereocenters. The number of ether oxygens (including phenoxy) is 3. The Labute approximate surface area is 83.6 Å². The van der Waals surface area contributed by atoms with Crippen molar-refractivity contribution >= 4 is 5.69 Å². The van der Waals surface area contributed by atoms with Gasteiger partial charge in [-0.3, -0.25) is 0 Å². The Bertz CT molecular complexity index is 289. The van der Waals surface area contributed by atoms with E-state index < -0.39 is 0 Å². The fourth-order valence-electron chi connectivity index (χ4n) is 0.973. The van der Waals surface area contributed by atoms with Crippen molar-refractivity contribution in [1.82, 2.24) is 0 Å². The second kappa shape index (κ2) is 5.34. The number of benzene rings is 1. The van der Waals surface area contributed by atoms with Crippen molar-refractivity contribution in [3.63, 3.8) is 0 Å². The summed E-state index contributed by atoms with van der Waals surface area (Å²) in [4.78, 5) is 0. The molecule has 1 aromatic rings. The smallest absolute Gasteiger partial charge is 0.189 e. The summed E-state index contributed by atoms with van der Waals surface area (Å²) in [6.07, 6.45) is 0. The number of nitrogen functional groups attached to an aromatic ring is 1. The molecule has 0 aromatic heterocycles. The Morgan fingerprint density at radius 3 is 2.71 bits per heavy atom. The number of hydrogen-bond donors (Lipinski definition) is 1. The maximum atomic E-state index is 5.72. The van der Waals surface area contributed by atoms with Gasteiger partial charge in [-0.2, -0.15) is 0 Å². The van der Waals surface area contributed by atoms with Gasteiger partial charge in [0.2, 0.25) is 0 Å². The highest BCUT2D eigenvalue weighted by molar-refractivity contribution is 5.56. The maximum absolute atomic E-state index is 5.72. The van der Waals surface area contributed by atoms with Crippen LogP contribution in [0.3, 0.4) is 0 Å². The molecule has 14 heavy (non-hydrogen) atoms. The van der Waals surface area contributed by atoms with Crippen molar-refractivity contribution in [2.75, 3.05) is 26.2 Å². The van der Waals surface area contributed by atoms with Crippen molar-refractivity contribution in [2.45, 2.75) is 6.92 Å². The molecule has 0 aliphatic heterocycles. The van der Waals surface area contributed by atoms with Gasteiger partial charge in [0.05, 0.1) is 12.8 Å². The molecule has 0 heterocycles. The van der Waals surface area contributed by atoms with Gasteiger partial charge in [0.25, 0.3) is 0 Å². The van der Waals surface area contributed by atoms with Gasteiger partial charge in [0, 0.05) is 12.7 Å². The van der Waals surface area contributed by atoms with Crippen molar-refractivity contribution in [3.8, 4) is 11.5 Å². The summed E-state index contributed by atoms with van der Waals surface area (Å²) >= 11 is 0.